The molecule has 1 aromatic rings. The molecule has 5 amide bonds. The van der Waals surface area contributed by atoms with Crippen molar-refractivity contribution in [1.29, 1.82) is 0 Å². The number of benzene rings is 1. The minimum Gasteiger partial charge on any atom is -0.445 e. The number of Topliss-reactive ketones (excluding diaryl/α,β-unsaturated/α-hetero) is 2. The van der Waals surface area contributed by atoms with E-state index in [0.717, 1.165) is 37.5 Å². The molecule has 0 aromatic heterocycles. The Morgan fingerprint density at radius 1 is 0.375 bits per heavy atom. The number of rotatable bonds is 38. The normalized spacial score (nSPS) is 11.6. The van der Waals surface area contributed by atoms with Crippen LogP contribution in [0.5, 0.6) is 0 Å². The average Bonchev–Trinajstić information content (AvgIpc) is 3.50. The molecule has 37 heteroatoms. The lowest BCUT2D eigenvalue weighted by Gasteiger charge is -2.22. The summed E-state index contributed by atoms with van der Waals surface area (Å²) in [7, 11) is 0. The van der Waals surface area contributed by atoms with Gasteiger partial charge in [0.2, 0.25) is 11.6 Å². The molecule has 1 rings (SSSR count). The van der Waals surface area contributed by atoms with E-state index in [-0.39, 0.29) is 84.8 Å². The molecule has 0 heterocycles. The molecule has 1 aromatic carbocycles. The monoisotopic (exact) mass is 1320 g/mol. The van der Waals surface area contributed by atoms with Gasteiger partial charge in [-0.15, -0.1) is 0 Å². The van der Waals surface area contributed by atoms with E-state index in [0.29, 0.717) is 57.3 Å². The second-order valence-corrected chi connectivity index (χ2v) is 17.9. The Morgan fingerprint density at radius 3 is 1.10 bits per heavy atom. The van der Waals surface area contributed by atoms with Gasteiger partial charge in [-0.05, 0) is 89.5 Å². The van der Waals surface area contributed by atoms with E-state index in [2.05, 4.69) is 21.3 Å². The molecule has 0 bridgehead atoms. The van der Waals surface area contributed by atoms with Crippen LogP contribution < -0.4 is 54.0 Å². The molecule has 19 nitrogen and oxygen atoms in total. The first kappa shape index (κ1) is 88.6. The molecule has 0 saturated carbocycles. The minimum absolute atomic E-state index is 0.0544. The highest BCUT2D eigenvalue weighted by Gasteiger charge is 2.41. The van der Waals surface area contributed by atoms with Crippen molar-refractivity contribution in [2.45, 2.75) is 141 Å². The maximum atomic E-state index is 12.3. The average molecular weight is 1320 g/mol. The molecule has 12 N–H and O–H groups in total. The number of nitrogens with zero attached hydrogens (tertiary/aromatic N) is 1. The van der Waals surface area contributed by atoms with E-state index in [4.69, 9.17) is 16.2 Å². The zero-order valence-electron chi connectivity index (χ0n) is 48.8. The molecular weight excluding hydrogens is 1240 g/mol. The molecule has 0 aliphatic carbocycles. The quantitative estimate of drug-likeness (QED) is 0.0237. The van der Waals surface area contributed by atoms with E-state index in [1.165, 1.54) is 12.8 Å². The number of amides is 5. The summed E-state index contributed by atoms with van der Waals surface area (Å²) in [6.45, 7) is 8.32. The van der Waals surface area contributed by atoms with Gasteiger partial charge in [0.1, 0.15) is 6.61 Å². The molecule has 0 spiro atoms. The standard InChI is InChI=1S/C20H24F6N2O4.C12H18F6N2O2.C10H16F6N4O2.C7H19N3.C2H6/c21-19(22,23)16(29)10-7-13-28(18(31)32-14-15-8-3-1-4-9-15)12-6-2-5-11-27-17(30)20(24,25)26;13-11(14,15)9(21)5-4-7-19-6-2-1-3-8-20-10(22)12(16,17)18;11-9(12,13)7(21)19-5-3-17-1-2-18-4-6-20-8(22)10(14,15)16;8-4-2-1-3-6-10-7-5-9;1-2/h1,3-4,8-9H,2,5-7,10-14H2,(H,27,30);19H,1-8H2,(H,20,22);17-18H,1-6H2,(H,19,21)(H,20,22);10H,1-9H2;1-2H3. The number of hydrogen-bond donors (Lipinski definition) is 10. The van der Waals surface area contributed by atoms with Crippen LogP contribution in [0.4, 0.5) is 83.8 Å². The number of halogens is 18. The Morgan fingerprint density at radius 2 is 0.705 bits per heavy atom. The lowest BCUT2D eigenvalue weighted by molar-refractivity contribution is -0.173. The fourth-order valence-corrected chi connectivity index (χ4v) is 6.03. The number of ether oxygens (including phenoxy) is 1. The van der Waals surface area contributed by atoms with Crippen LogP contribution in [-0.2, 0) is 40.1 Å². The number of nitrogens with one attached hydrogen (secondary N) is 8. The molecule has 88 heavy (non-hydrogen) atoms. The van der Waals surface area contributed by atoms with Gasteiger partial charge in [-0.2, -0.15) is 79.0 Å². The van der Waals surface area contributed by atoms with E-state index < -0.39 is 91.2 Å². The van der Waals surface area contributed by atoms with Gasteiger partial charge < -0.3 is 63.6 Å². The number of nitrogens with two attached hydrogens (primary N) is 2. The van der Waals surface area contributed by atoms with Gasteiger partial charge in [0.05, 0.1) is 0 Å². The van der Waals surface area contributed by atoms with E-state index in [1.807, 2.05) is 13.8 Å². The Hall–Kier alpha value is -5.79. The predicted molar refractivity (Wildman–Crippen MR) is 288 cm³/mol. The van der Waals surface area contributed by atoms with Crippen molar-refractivity contribution in [3.8, 4) is 0 Å². The Bertz CT molecular complexity index is 1860. The van der Waals surface area contributed by atoms with Crippen LogP contribution in [0.2, 0.25) is 0 Å². The first-order chi connectivity index (χ1) is 40.9. The van der Waals surface area contributed by atoms with Crippen LogP contribution in [0.3, 0.4) is 0 Å². The van der Waals surface area contributed by atoms with Crippen molar-refractivity contribution in [1.82, 2.24) is 47.4 Å². The third kappa shape index (κ3) is 55.5. The Balaban J connectivity index is -0.000000561. The van der Waals surface area contributed by atoms with Gasteiger partial charge >= 0.3 is 66.8 Å². The topological polar surface area (TPSA) is 280 Å². The highest BCUT2D eigenvalue weighted by molar-refractivity contribution is 5.85. The molecule has 0 atom stereocenters. The summed E-state index contributed by atoms with van der Waals surface area (Å²) in [6.07, 6.45) is -25.7. The van der Waals surface area contributed by atoms with E-state index in [9.17, 15) is 113 Å². The van der Waals surface area contributed by atoms with E-state index in [1.54, 1.807) is 51.6 Å². The van der Waals surface area contributed by atoms with Gasteiger partial charge in [0.25, 0.3) is 0 Å². The van der Waals surface area contributed by atoms with Gasteiger partial charge in [0.15, 0.2) is 0 Å². The summed E-state index contributed by atoms with van der Waals surface area (Å²) < 4.78 is 220. The predicted octanol–water partition coefficient (Wildman–Crippen LogP) is 6.93. The molecule has 0 aliphatic heterocycles. The molecular formula is C51H83F18N11O8. The second kappa shape index (κ2) is 51.0. The molecule has 0 radical (unpaired) electrons. The minimum atomic E-state index is -4.97. The number of unbranched alkanes of at least 4 members (excludes halogenated alkanes) is 6. The van der Waals surface area contributed by atoms with Crippen molar-refractivity contribution in [3.05, 3.63) is 35.9 Å². The third-order valence-corrected chi connectivity index (χ3v) is 10.5. The number of alkyl halides is 18. The molecule has 0 unspecified atom stereocenters. The second-order valence-electron chi connectivity index (χ2n) is 17.9. The van der Waals surface area contributed by atoms with Crippen LogP contribution in [0.1, 0.15) is 103 Å². The Kier molecular flexibility index (Phi) is 51.4. The SMILES string of the molecule is CC.NCCCCCNCCN.O=C(CCCNCCCCCNC(=O)C(F)(F)F)C(F)(F)F.O=C(NCCNCCNCCNC(=O)C(F)(F)F)C(F)(F)F.O=C(OCc1ccccc1)N(CCCCCNC(=O)C(F)(F)F)CCCC(=O)C(F)(F)F. The molecule has 0 fully saturated rings. The van der Waals surface area contributed by atoms with Gasteiger partial charge in [-0.3, -0.25) is 28.8 Å². The van der Waals surface area contributed by atoms with Crippen LogP contribution in [0.15, 0.2) is 30.3 Å². The largest absolute Gasteiger partial charge is 0.471 e. The number of carbonyl (C=O) groups excluding carboxylic acids is 7. The number of carbonyl (C=O) groups is 7. The number of ketones is 2. The summed E-state index contributed by atoms with van der Waals surface area (Å²) in [6, 6.07) is 8.68. The van der Waals surface area contributed by atoms with Gasteiger partial charge in [-0.1, -0.05) is 57.0 Å². The summed E-state index contributed by atoms with van der Waals surface area (Å²) >= 11 is 0. The smallest absolute Gasteiger partial charge is 0.445 e. The maximum absolute atomic E-state index is 12.3. The fraction of sp³-hybridized carbons (Fsp3) is 0.745. The van der Waals surface area contributed by atoms with Crippen molar-refractivity contribution in [3.63, 3.8) is 0 Å². The van der Waals surface area contributed by atoms with Gasteiger partial charge in [0, 0.05) is 91.4 Å². The first-order valence-electron chi connectivity index (χ1n) is 27.7. The van der Waals surface area contributed by atoms with Crippen LogP contribution >= 0.6 is 0 Å². The number of hydrogen-bond acceptors (Lipinski definition) is 14. The zero-order valence-corrected chi connectivity index (χ0v) is 48.8. The summed E-state index contributed by atoms with van der Waals surface area (Å²) in [4.78, 5) is 77.0. The molecule has 0 aliphatic rings. The maximum Gasteiger partial charge on any atom is 0.471 e. The van der Waals surface area contributed by atoms with Crippen molar-refractivity contribution < 1.29 is 117 Å². The van der Waals surface area contributed by atoms with Crippen LogP contribution in [0, 0.1) is 0 Å². The highest BCUT2D eigenvalue weighted by Crippen LogP contribution is 2.21. The summed E-state index contributed by atoms with van der Waals surface area (Å²) in [5.74, 6) is -11.7. The van der Waals surface area contributed by atoms with Crippen molar-refractivity contribution >= 4 is 41.3 Å². The summed E-state index contributed by atoms with van der Waals surface area (Å²) in [5, 5.41) is 18.2. The van der Waals surface area contributed by atoms with Crippen molar-refractivity contribution in [2.24, 2.45) is 11.5 Å². The zero-order chi connectivity index (χ0) is 68.3. The third-order valence-electron chi connectivity index (χ3n) is 10.5. The van der Waals surface area contributed by atoms with E-state index >= 15 is 0 Å². The fourth-order valence-electron chi connectivity index (χ4n) is 6.03. The molecule has 516 valence electrons. The highest BCUT2D eigenvalue weighted by atomic mass is 19.4. The lowest BCUT2D eigenvalue weighted by atomic mass is 10.2. The van der Waals surface area contributed by atoms with Crippen LogP contribution in [-0.4, -0.2) is 188 Å². The lowest BCUT2D eigenvalue weighted by Crippen LogP contribution is -2.42. The first-order valence-corrected chi connectivity index (χ1v) is 27.7. The van der Waals surface area contributed by atoms with Crippen molar-refractivity contribution in [2.75, 3.05) is 105 Å². The molecule has 0 saturated heterocycles. The summed E-state index contributed by atoms with van der Waals surface area (Å²) in [5.41, 5.74) is 11.3. The van der Waals surface area contributed by atoms with Gasteiger partial charge in [-0.25, -0.2) is 4.79 Å². The van der Waals surface area contributed by atoms with Crippen LogP contribution in [0.25, 0.3) is 0 Å². The Labute approximate surface area is 498 Å².